The summed E-state index contributed by atoms with van der Waals surface area (Å²) in [6, 6.07) is 9.04. The van der Waals surface area contributed by atoms with Crippen LogP contribution in [0.5, 0.6) is 0 Å². The van der Waals surface area contributed by atoms with Gasteiger partial charge in [0.05, 0.1) is 5.92 Å². The lowest BCUT2D eigenvalue weighted by Gasteiger charge is -2.31. The van der Waals surface area contributed by atoms with Crippen LogP contribution in [-0.4, -0.2) is 60.5 Å². The highest BCUT2D eigenvalue weighted by Gasteiger charge is 2.29. The monoisotopic (exact) mass is 385 g/mol. The van der Waals surface area contributed by atoms with E-state index < -0.39 is 5.97 Å². The number of hydrogen-bond acceptors (Lipinski definition) is 4. The Balaban J connectivity index is 1.75. The number of hydrogen-bond donors (Lipinski definition) is 1. The number of rotatable bonds is 8. The predicted molar refractivity (Wildman–Crippen MR) is 108 cm³/mol. The Hall–Kier alpha value is -3.09. The van der Waals surface area contributed by atoms with Gasteiger partial charge in [0.15, 0.2) is 6.61 Å². The minimum atomic E-state index is -0.395. The maximum absolute atomic E-state index is 12.3. The van der Waals surface area contributed by atoms with Crippen LogP contribution < -0.4 is 5.32 Å². The Morgan fingerprint density at radius 1 is 1.11 bits per heavy atom. The largest absolute Gasteiger partial charge is 0.455 e. The third-order valence-electron chi connectivity index (χ3n) is 4.53. The zero-order chi connectivity index (χ0) is 20.4. The minimum absolute atomic E-state index is 0.183. The number of piperidine rings is 1. The van der Waals surface area contributed by atoms with Gasteiger partial charge in [0.25, 0.3) is 5.91 Å². The first-order chi connectivity index (χ1) is 13.5. The highest BCUT2D eigenvalue weighted by molar-refractivity contribution is 5.89. The van der Waals surface area contributed by atoms with E-state index >= 15 is 0 Å². The third kappa shape index (κ3) is 6.26. The standard InChI is InChI=1S/C21H27N3O4/c1-3-12-23(13-4-2)19(25)16-28-20(26)17-10-14-24(15-11-17)21(27)22-18-8-6-5-7-9-18/h3-9,17H,1-2,10-16H2,(H,22,27). The normalized spacial score (nSPS) is 14.1. The molecule has 2 rings (SSSR count). The van der Waals surface area contributed by atoms with Crippen molar-refractivity contribution in [1.82, 2.24) is 9.80 Å². The number of ether oxygens (including phenoxy) is 1. The molecule has 0 unspecified atom stereocenters. The fourth-order valence-corrected chi connectivity index (χ4v) is 2.97. The van der Waals surface area contributed by atoms with Crippen molar-refractivity contribution in [3.05, 3.63) is 55.6 Å². The molecular formula is C21H27N3O4. The number of esters is 1. The second-order valence-electron chi connectivity index (χ2n) is 6.54. The summed E-state index contributed by atoms with van der Waals surface area (Å²) in [6.07, 6.45) is 4.25. The summed E-state index contributed by atoms with van der Waals surface area (Å²) in [4.78, 5) is 39.8. The van der Waals surface area contributed by atoms with E-state index in [-0.39, 0.29) is 24.5 Å². The van der Waals surface area contributed by atoms with E-state index in [2.05, 4.69) is 18.5 Å². The zero-order valence-corrected chi connectivity index (χ0v) is 16.0. The molecule has 0 aliphatic carbocycles. The Labute approximate surface area is 165 Å². The molecule has 7 heteroatoms. The molecule has 0 saturated carbocycles. The summed E-state index contributed by atoms with van der Waals surface area (Å²) in [5, 5.41) is 2.84. The van der Waals surface area contributed by atoms with Gasteiger partial charge in [0.2, 0.25) is 0 Å². The van der Waals surface area contributed by atoms with E-state index in [1.165, 1.54) is 4.90 Å². The number of anilines is 1. The summed E-state index contributed by atoms with van der Waals surface area (Å²) in [6.45, 7) is 8.59. The second-order valence-corrected chi connectivity index (χ2v) is 6.54. The minimum Gasteiger partial charge on any atom is -0.455 e. The van der Waals surface area contributed by atoms with Crippen molar-refractivity contribution in [2.45, 2.75) is 12.8 Å². The lowest BCUT2D eigenvalue weighted by atomic mass is 9.97. The summed E-state index contributed by atoms with van der Waals surface area (Å²) < 4.78 is 5.19. The van der Waals surface area contributed by atoms with Crippen LogP contribution in [-0.2, 0) is 14.3 Å². The first-order valence-electron chi connectivity index (χ1n) is 9.32. The van der Waals surface area contributed by atoms with Crippen LogP contribution in [0.1, 0.15) is 12.8 Å². The molecule has 1 aliphatic heterocycles. The Morgan fingerprint density at radius 3 is 2.29 bits per heavy atom. The number of nitrogens with zero attached hydrogens (tertiary/aromatic N) is 2. The summed E-state index contributed by atoms with van der Waals surface area (Å²) in [5.74, 6) is -0.984. The van der Waals surface area contributed by atoms with Gasteiger partial charge in [-0.25, -0.2) is 4.79 Å². The molecule has 0 aromatic heterocycles. The van der Waals surface area contributed by atoms with Gasteiger partial charge >= 0.3 is 12.0 Å². The van der Waals surface area contributed by atoms with Gasteiger partial charge in [-0.2, -0.15) is 0 Å². The average Bonchev–Trinajstić information content (AvgIpc) is 2.72. The molecule has 0 atom stereocenters. The van der Waals surface area contributed by atoms with Gasteiger partial charge in [-0.3, -0.25) is 9.59 Å². The molecule has 1 aromatic rings. The molecule has 0 radical (unpaired) electrons. The number of urea groups is 1. The van der Waals surface area contributed by atoms with Crippen LogP contribution in [0.25, 0.3) is 0 Å². The Kier molecular flexibility index (Phi) is 8.27. The lowest BCUT2D eigenvalue weighted by Crippen LogP contribution is -2.43. The van der Waals surface area contributed by atoms with E-state index in [1.807, 2.05) is 30.3 Å². The molecule has 1 aliphatic rings. The van der Waals surface area contributed by atoms with Crippen molar-refractivity contribution in [2.75, 3.05) is 38.1 Å². The van der Waals surface area contributed by atoms with Crippen molar-refractivity contribution in [2.24, 2.45) is 5.92 Å². The number of likely N-dealkylation sites (tertiary alicyclic amines) is 1. The van der Waals surface area contributed by atoms with E-state index in [4.69, 9.17) is 4.74 Å². The van der Waals surface area contributed by atoms with E-state index in [0.717, 1.165) is 5.69 Å². The van der Waals surface area contributed by atoms with Gasteiger partial charge in [-0.05, 0) is 25.0 Å². The summed E-state index contributed by atoms with van der Waals surface area (Å²) in [7, 11) is 0. The van der Waals surface area contributed by atoms with Gasteiger partial charge in [-0.15, -0.1) is 13.2 Å². The second kappa shape index (κ2) is 10.9. The summed E-state index contributed by atoms with van der Waals surface area (Å²) in [5.41, 5.74) is 0.733. The highest BCUT2D eigenvalue weighted by Crippen LogP contribution is 2.19. The van der Waals surface area contributed by atoms with Gasteiger partial charge in [-0.1, -0.05) is 30.4 Å². The van der Waals surface area contributed by atoms with Gasteiger partial charge in [0, 0.05) is 31.9 Å². The van der Waals surface area contributed by atoms with Crippen LogP contribution in [0.2, 0.25) is 0 Å². The first kappa shape index (κ1) is 21.2. The maximum atomic E-state index is 12.3. The van der Waals surface area contributed by atoms with E-state index in [9.17, 15) is 14.4 Å². The fraction of sp³-hybridized carbons (Fsp3) is 0.381. The number of para-hydroxylation sites is 1. The average molecular weight is 385 g/mol. The number of nitrogens with one attached hydrogen (secondary N) is 1. The van der Waals surface area contributed by atoms with Crippen LogP contribution in [0.3, 0.4) is 0 Å². The number of amides is 3. The topological polar surface area (TPSA) is 79.0 Å². The van der Waals surface area contributed by atoms with Gasteiger partial charge in [0.1, 0.15) is 0 Å². The molecule has 7 nitrogen and oxygen atoms in total. The highest BCUT2D eigenvalue weighted by atomic mass is 16.5. The van der Waals surface area contributed by atoms with E-state index in [0.29, 0.717) is 39.0 Å². The summed E-state index contributed by atoms with van der Waals surface area (Å²) >= 11 is 0. The molecule has 1 aromatic carbocycles. The van der Waals surface area contributed by atoms with Crippen LogP contribution in [0.15, 0.2) is 55.6 Å². The van der Waals surface area contributed by atoms with Gasteiger partial charge < -0.3 is 19.9 Å². The molecule has 0 bridgehead atoms. The molecule has 150 valence electrons. The van der Waals surface area contributed by atoms with Crippen LogP contribution >= 0.6 is 0 Å². The molecular weight excluding hydrogens is 358 g/mol. The Morgan fingerprint density at radius 2 is 1.71 bits per heavy atom. The van der Waals surface area contributed by atoms with Crippen molar-refractivity contribution in [1.29, 1.82) is 0 Å². The zero-order valence-electron chi connectivity index (χ0n) is 16.0. The van der Waals surface area contributed by atoms with Crippen molar-refractivity contribution in [3.8, 4) is 0 Å². The first-order valence-corrected chi connectivity index (χ1v) is 9.32. The smallest absolute Gasteiger partial charge is 0.321 e. The van der Waals surface area contributed by atoms with Crippen molar-refractivity contribution >= 4 is 23.6 Å². The SMILES string of the molecule is C=CCN(CC=C)C(=O)COC(=O)C1CCN(C(=O)Nc2ccccc2)CC1. The predicted octanol–water partition coefficient (Wildman–Crippen LogP) is 2.67. The molecule has 3 amide bonds. The van der Waals surface area contributed by atoms with Crippen molar-refractivity contribution < 1.29 is 19.1 Å². The molecule has 1 N–H and O–H groups in total. The molecule has 0 spiro atoms. The van der Waals surface area contributed by atoms with E-state index in [1.54, 1.807) is 17.1 Å². The molecule has 1 saturated heterocycles. The number of benzene rings is 1. The molecule has 1 fully saturated rings. The number of carbonyl (C=O) groups is 3. The number of carbonyl (C=O) groups excluding carboxylic acids is 3. The quantitative estimate of drug-likeness (QED) is 0.551. The molecule has 28 heavy (non-hydrogen) atoms. The third-order valence-corrected chi connectivity index (χ3v) is 4.53. The van der Waals surface area contributed by atoms with Crippen LogP contribution in [0.4, 0.5) is 10.5 Å². The lowest BCUT2D eigenvalue weighted by molar-refractivity contribution is -0.156. The maximum Gasteiger partial charge on any atom is 0.321 e. The fourth-order valence-electron chi connectivity index (χ4n) is 2.97. The molecule has 1 heterocycles. The van der Waals surface area contributed by atoms with Crippen LogP contribution in [0, 0.1) is 5.92 Å². The Bertz CT molecular complexity index is 687. The van der Waals surface area contributed by atoms with Crippen molar-refractivity contribution in [3.63, 3.8) is 0 Å².